The molecule has 1 aromatic heterocycles. The van der Waals surface area contributed by atoms with E-state index in [2.05, 4.69) is 10.1 Å². The van der Waals surface area contributed by atoms with E-state index in [1.807, 2.05) is 41.1 Å². The number of nitrogens with one attached hydrogen (secondary N) is 1. The molecule has 0 bridgehead atoms. The van der Waals surface area contributed by atoms with Gasteiger partial charge < -0.3 is 14.6 Å². The van der Waals surface area contributed by atoms with Crippen LogP contribution in [0.25, 0.3) is 0 Å². The summed E-state index contributed by atoms with van der Waals surface area (Å²) < 4.78 is 6.44. The summed E-state index contributed by atoms with van der Waals surface area (Å²) in [5, 5.41) is 2.62. The Hall–Kier alpha value is -2.56. The first kappa shape index (κ1) is 14.8. The molecule has 110 valence electrons. The molecule has 1 N–H and O–H groups in total. The predicted octanol–water partition coefficient (Wildman–Crippen LogP) is 1.83. The molecule has 0 aliphatic heterocycles. The number of hydrogen-bond acceptors (Lipinski definition) is 3. The molecule has 5 nitrogen and oxygen atoms in total. The first-order valence-electron chi connectivity index (χ1n) is 6.69. The number of carbonyl (C=O) groups excluding carboxylic acids is 2. The Kier molecular flexibility index (Phi) is 4.77. The van der Waals surface area contributed by atoms with Gasteiger partial charge in [0, 0.05) is 12.7 Å². The summed E-state index contributed by atoms with van der Waals surface area (Å²) in [6.07, 6.45) is 1.84. The number of carbonyl (C=O) groups is 2. The largest absolute Gasteiger partial charge is 0.467 e. The summed E-state index contributed by atoms with van der Waals surface area (Å²) >= 11 is 0. The second-order valence-electron chi connectivity index (χ2n) is 4.73. The third kappa shape index (κ3) is 3.72. The Morgan fingerprint density at radius 1 is 1.19 bits per heavy atom. The number of benzene rings is 1. The Labute approximate surface area is 123 Å². The van der Waals surface area contributed by atoms with Crippen LogP contribution in [0.5, 0.6) is 0 Å². The van der Waals surface area contributed by atoms with Crippen molar-refractivity contribution in [2.24, 2.45) is 0 Å². The average molecular weight is 286 g/mol. The van der Waals surface area contributed by atoms with Crippen molar-refractivity contribution in [3.63, 3.8) is 0 Å². The van der Waals surface area contributed by atoms with Gasteiger partial charge in [0.1, 0.15) is 11.7 Å². The van der Waals surface area contributed by atoms with E-state index in [1.54, 1.807) is 19.1 Å². The molecule has 2 rings (SSSR count). The van der Waals surface area contributed by atoms with E-state index in [0.29, 0.717) is 12.2 Å². The number of aromatic nitrogens is 1. The molecule has 0 radical (unpaired) electrons. The fourth-order valence-electron chi connectivity index (χ4n) is 2.04. The zero-order chi connectivity index (χ0) is 15.2. The minimum absolute atomic E-state index is 0.297. The number of esters is 1. The van der Waals surface area contributed by atoms with Crippen LogP contribution in [-0.4, -0.2) is 29.6 Å². The molecule has 0 unspecified atom stereocenters. The molecule has 1 aromatic carbocycles. The van der Waals surface area contributed by atoms with E-state index in [-0.39, 0.29) is 5.91 Å². The first-order valence-corrected chi connectivity index (χ1v) is 6.69. The van der Waals surface area contributed by atoms with Gasteiger partial charge in [-0.05, 0) is 24.6 Å². The van der Waals surface area contributed by atoms with E-state index in [1.165, 1.54) is 7.11 Å². The highest BCUT2D eigenvalue weighted by molar-refractivity contribution is 5.95. The van der Waals surface area contributed by atoms with Crippen molar-refractivity contribution in [1.82, 2.24) is 9.88 Å². The number of rotatable bonds is 5. The number of ether oxygens (including phenoxy) is 1. The molecular weight excluding hydrogens is 268 g/mol. The molecule has 21 heavy (non-hydrogen) atoms. The van der Waals surface area contributed by atoms with Crippen molar-refractivity contribution in [2.75, 3.05) is 7.11 Å². The van der Waals surface area contributed by atoms with Crippen molar-refractivity contribution >= 4 is 11.9 Å². The van der Waals surface area contributed by atoms with Crippen molar-refractivity contribution in [3.05, 3.63) is 59.9 Å². The molecule has 0 spiro atoms. The van der Waals surface area contributed by atoms with Crippen molar-refractivity contribution in [1.29, 1.82) is 0 Å². The van der Waals surface area contributed by atoms with Crippen LogP contribution < -0.4 is 5.32 Å². The topological polar surface area (TPSA) is 60.3 Å². The Balaban J connectivity index is 2.09. The van der Waals surface area contributed by atoms with Crippen LogP contribution in [0.3, 0.4) is 0 Å². The monoisotopic (exact) mass is 286 g/mol. The molecule has 5 heteroatoms. The fourth-order valence-corrected chi connectivity index (χ4v) is 2.04. The van der Waals surface area contributed by atoms with Crippen LogP contribution >= 0.6 is 0 Å². The van der Waals surface area contributed by atoms with Gasteiger partial charge in [-0.15, -0.1) is 0 Å². The minimum atomic E-state index is -0.678. The molecular formula is C16H18N2O3. The molecule has 0 saturated carbocycles. The van der Waals surface area contributed by atoms with Crippen LogP contribution in [-0.2, 0) is 16.1 Å². The van der Waals surface area contributed by atoms with Crippen molar-refractivity contribution in [3.8, 4) is 0 Å². The van der Waals surface area contributed by atoms with Gasteiger partial charge in [0.25, 0.3) is 5.91 Å². The summed E-state index contributed by atoms with van der Waals surface area (Å²) in [7, 11) is 1.29. The number of methoxy groups -OCH3 is 1. The third-order valence-corrected chi connectivity index (χ3v) is 3.16. The van der Waals surface area contributed by atoms with E-state index < -0.39 is 12.0 Å². The molecule has 1 heterocycles. The van der Waals surface area contributed by atoms with Gasteiger partial charge in [0.2, 0.25) is 0 Å². The normalized spacial score (nSPS) is 11.7. The SMILES string of the molecule is COC(=O)[C@@H](C)NC(=O)c1cccn1Cc1ccccc1. The van der Waals surface area contributed by atoms with Crippen molar-refractivity contribution < 1.29 is 14.3 Å². The Morgan fingerprint density at radius 2 is 1.90 bits per heavy atom. The lowest BCUT2D eigenvalue weighted by atomic mass is 10.2. The van der Waals surface area contributed by atoms with Gasteiger partial charge in [-0.2, -0.15) is 0 Å². The van der Waals surface area contributed by atoms with Crippen LogP contribution in [0.1, 0.15) is 23.0 Å². The van der Waals surface area contributed by atoms with Gasteiger partial charge in [0.15, 0.2) is 0 Å². The summed E-state index contributed by atoms with van der Waals surface area (Å²) in [6, 6.07) is 12.7. The third-order valence-electron chi connectivity index (χ3n) is 3.16. The van der Waals surface area contributed by atoms with Crippen LogP contribution in [0.15, 0.2) is 48.7 Å². The number of nitrogens with zero attached hydrogens (tertiary/aromatic N) is 1. The summed E-state index contributed by atoms with van der Waals surface area (Å²) in [6.45, 7) is 2.19. The quantitative estimate of drug-likeness (QED) is 0.853. The number of hydrogen-bond donors (Lipinski definition) is 1. The van der Waals surface area contributed by atoms with Crippen LogP contribution in [0, 0.1) is 0 Å². The van der Waals surface area contributed by atoms with E-state index in [9.17, 15) is 9.59 Å². The highest BCUT2D eigenvalue weighted by Crippen LogP contribution is 2.08. The first-order chi connectivity index (χ1) is 10.1. The lowest BCUT2D eigenvalue weighted by molar-refractivity contribution is -0.142. The maximum atomic E-state index is 12.2. The predicted molar refractivity (Wildman–Crippen MR) is 78.9 cm³/mol. The van der Waals surface area contributed by atoms with Crippen LogP contribution in [0.4, 0.5) is 0 Å². The van der Waals surface area contributed by atoms with E-state index >= 15 is 0 Å². The molecule has 0 aliphatic rings. The fraction of sp³-hybridized carbons (Fsp3) is 0.250. The van der Waals surface area contributed by atoms with Gasteiger partial charge in [0.05, 0.1) is 7.11 Å². The summed E-state index contributed by atoms with van der Waals surface area (Å²) in [4.78, 5) is 23.6. The smallest absolute Gasteiger partial charge is 0.328 e. The zero-order valence-electron chi connectivity index (χ0n) is 12.1. The molecule has 0 fully saturated rings. The van der Waals surface area contributed by atoms with Crippen LogP contribution in [0.2, 0.25) is 0 Å². The average Bonchev–Trinajstić information content (AvgIpc) is 2.95. The summed E-state index contributed by atoms with van der Waals surface area (Å²) in [5.41, 5.74) is 1.61. The minimum Gasteiger partial charge on any atom is -0.467 e. The van der Waals surface area contributed by atoms with E-state index in [0.717, 1.165) is 5.56 Å². The molecule has 1 amide bonds. The molecule has 0 aliphatic carbocycles. The van der Waals surface area contributed by atoms with Gasteiger partial charge in [-0.25, -0.2) is 4.79 Å². The van der Waals surface area contributed by atoms with Gasteiger partial charge >= 0.3 is 5.97 Å². The Bertz CT molecular complexity index is 619. The molecule has 0 saturated heterocycles. The van der Waals surface area contributed by atoms with Gasteiger partial charge in [-0.1, -0.05) is 30.3 Å². The van der Waals surface area contributed by atoms with Crippen molar-refractivity contribution in [2.45, 2.75) is 19.5 Å². The highest BCUT2D eigenvalue weighted by Gasteiger charge is 2.18. The number of amides is 1. The standard InChI is InChI=1S/C16H18N2O3/c1-12(16(20)21-2)17-15(19)14-9-6-10-18(14)11-13-7-4-3-5-8-13/h3-10,12H,11H2,1-2H3,(H,17,19)/t12-/m1/s1. The maximum absolute atomic E-state index is 12.2. The maximum Gasteiger partial charge on any atom is 0.328 e. The molecule has 2 aromatic rings. The highest BCUT2D eigenvalue weighted by atomic mass is 16.5. The second kappa shape index (κ2) is 6.74. The van der Waals surface area contributed by atoms with Gasteiger partial charge in [-0.3, -0.25) is 4.79 Å². The zero-order valence-corrected chi connectivity index (χ0v) is 12.1. The lowest BCUT2D eigenvalue weighted by Crippen LogP contribution is -2.39. The van der Waals surface area contributed by atoms with E-state index in [4.69, 9.17) is 0 Å². The second-order valence-corrected chi connectivity index (χ2v) is 4.73. The Morgan fingerprint density at radius 3 is 2.57 bits per heavy atom. The lowest BCUT2D eigenvalue weighted by Gasteiger charge is -2.13. The summed E-state index contributed by atoms with van der Waals surface area (Å²) in [5.74, 6) is -0.765. The molecule has 1 atom stereocenters.